The number of alkyl halides is 2. The summed E-state index contributed by atoms with van der Waals surface area (Å²) in [4.78, 5) is 41.2. The number of hydrogen-bond donors (Lipinski definition) is 1. The van der Waals surface area contributed by atoms with E-state index in [1.54, 1.807) is 25.1 Å². The van der Waals surface area contributed by atoms with E-state index < -0.39 is 31.0 Å². The molecule has 0 aliphatic carbocycles. The maximum absolute atomic E-state index is 12.4. The second kappa shape index (κ2) is 11.2. The van der Waals surface area contributed by atoms with Gasteiger partial charge < -0.3 is 14.0 Å². The predicted molar refractivity (Wildman–Crippen MR) is 111 cm³/mol. The summed E-state index contributed by atoms with van der Waals surface area (Å²) >= 11 is 1.28. The van der Waals surface area contributed by atoms with Crippen molar-refractivity contribution in [2.45, 2.75) is 24.2 Å². The Balaban J connectivity index is 1.52. The number of imide groups is 1. The molecule has 0 spiro atoms. The van der Waals surface area contributed by atoms with Crippen molar-refractivity contribution in [3.63, 3.8) is 0 Å². The fourth-order valence-electron chi connectivity index (χ4n) is 2.53. The summed E-state index contributed by atoms with van der Waals surface area (Å²) in [6.07, 6.45) is 0. The molecule has 1 aromatic heterocycles. The summed E-state index contributed by atoms with van der Waals surface area (Å²) in [6.45, 7) is -2.00. The van der Waals surface area contributed by atoms with Crippen molar-refractivity contribution in [3.05, 3.63) is 71.4 Å². The van der Waals surface area contributed by atoms with Crippen LogP contribution in [0.3, 0.4) is 0 Å². The van der Waals surface area contributed by atoms with E-state index in [4.69, 9.17) is 9.26 Å². The Kier molecular flexibility index (Phi) is 8.08. The van der Waals surface area contributed by atoms with Crippen LogP contribution in [0.5, 0.6) is 5.75 Å². The molecule has 2 amide bonds. The zero-order valence-electron chi connectivity index (χ0n) is 17.1. The van der Waals surface area contributed by atoms with Crippen LogP contribution in [0.25, 0.3) is 0 Å². The topological polar surface area (TPSA) is 121 Å². The molecule has 0 saturated heterocycles. The number of nitrogens with one attached hydrogen (secondary N) is 1. The van der Waals surface area contributed by atoms with E-state index in [1.165, 1.54) is 30.0 Å². The molecule has 0 fully saturated rings. The molecule has 2 aromatic carbocycles. The second-order valence-corrected chi connectivity index (χ2v) is 7.39. The standard InChI is InChI=1S/C21H17F2N3O6S/c1-12-24-18(32-26-12)11-33-16-5-3-2-4-15(16)20(29)30-10-17(27)25-19(28)13-6-8-14(9-7-13)31-21(22)23/h2-9,21H,10-11H2,1H3,(H,25,27,28). The molecular weight excluding hydrogens is 460 g/mol. The van der Waals surface area contributed by atoms with Gasteiger partial charge in [-0.05, 0) is 43.3 Å². The molecule has 0 radical (unpaired) electrons. The van der Waals surface area contributed by atoms with Crippen LogP contribution in [0, 0.1) is 6.92 Å². The number of nitrogens with zero attached hydrogens (tertiary/aromatic N) is 2. The SMILES string of the molecule is Cc1noc(CSc2ccccc2C(=O)OCC(=O)NC(=O)c2ccc(OC(F)F)cc2)n1. The summed E-state index contributed by atoms with van der Waals surface area (Å²) in [5.41, 5.74) is 0.266. The summed E-state index contributed by atoms with van der Waals surface area (Å²) in [5, 5.41) is 5.75. The molecule has 3 aromatic rings. The first-order chi connectivity index (χ1) is 15.8. The minimum absolute atomic E-state index is 0.0364. The lowest BCUT2D eigenvalue weighted by Gasteiger charge is -2.09. The van der Waals surface area contributed by atoms with Crippen molar-refractivity contribution in [3.8, 4) is 5.75 Å². The number of thioether (sulfide) groups is 1. The van der Waals surface area contributed by atoms with Crippen LogP contribution in [-0.4, -0.2) is 41.1 Å². The van der Waals surface area contributed by atoms with Gasteiger partial charge in [0.25, 0.3) is 11.8 Å². The van der Waals surface area contributed by atoms with E-state index in [0.29, 0.717) is 22.4 Å². The highest BCUT2D eigenvalue weighted by Crippen LogP contribution is 2.26. The highest BCUT2D eigenvalue weighted by atomic mass is 32.2. The fourth-order valence-corrected chi connectivity index (χ4v) is 3.41. The number of carbonyl (C=O) groups excluding carboxylic acids is 3. The minimum Gasteiger partial charge on any atom is -0.452 e. The zero-order chi connectivity index (χ0) is 23.8. The van der Waals surface area contributed by atoms with Crippen LogP contribution >= 0.6 is 11.8 Å². The Hall–Kier alpha value is -3.80. The lowest BCUT2D eigenvalue weighted by molar-refractivity contribution is -0.123. The summed E-state index contributed by atoms with van der Waals surface area (Å²) in [7, 11) is 0. The molecule has 172 valence electrons. The first-order valence-corrected chi connectivity index (χ1v) is 10.4. The fraction of sp³-hybridized carbons (Fsp3) is 0.190. The van der Waals surface area contributed by atoms with Gasteiger partial charge in [0.2, 0.25) is 5.89 Å². The Morgan fingerprint density at radius 2 is 1.85 bits per heavy atom. The normalized spacial score (nSPS) is 10.7. The molecule has 1 N–H and O–H groups in total. The molecule has 12 heteroatoms. The number of amides is 2. The van der Waals surface area contributed by atoms with Crippen LogP contribution in [0.2, 0.25) is 0 Å². The lowest BCUT2D eigenvalue weighted by atomic mass is 10.2. The average molecular weight is 477 g/mol. The number of aryl methyl sites for hydroxylation is 1. The molecule has 0 saturated carbocycles. The minimum atomic E-state index is -2.99. The van der Waals surface area contributed by atoms with E-state index in [1.807, 2.05) is 5.32 Å². The Bertz CT molecular complexity index is 1140. The Morgan fingerprint density at radius 3 is 2.52 bits per heavy atom. The third-order valence-corrected chi connectivity index (χ3v) is 5.02. The Labute approximate surface area is 190 Å². The number of hydrogen-bond acceptors (Lipinski definition) is 9. The van der Waals surface area contributed by atoms with Gasteiger partial charge in [0.05, 0.1) is 11.3 Å². The van der Waals surface area contributed by atoms with Crippen molar-refractivity contribution in [2.24, 2.45) is 0 Å². The lowest BCUT2D eigenvalue weighted by Crippen LogP contribution is -2.34. The largest absolute Gasteiger partial charge is 0.452 e. The molecule has 0 unspecified atom stereocenters. The molecule has 0 atom stereocenters. The van der Waals surface area contributed by atoms with Crippen molar-refractivity contribution in [1.82, 2.24) is 15.5 Å². The third kappa shape index (κ3) is 7.10. The predicted octanol–water partition coefficient (Wildman–Crippen LogP) is 3.39. The molecule has 33 heavy (non-hydrogen) atoms. The van der Waals surface area contributed by atoms with Gasteiger partial charge in [0.15, 0.2) is 12.4 Å². The molecule has 0 bridgehead atoms. The van der Waals surface area contributed by atoms with Gasteiger partial charge >= 0.3 is 12.6 Å². The van der Waals surface area contributed by atoms with E-state index in [0.717, 1.165) is 12.1 Å². The monoisotopic (exact) mass is 477 g/mol. The summed E-state index contributed by atoms with van der Waals surface area (Å²) < 4.78 is 38.6. The first kappa shape index (κ1) is 23.9. The van der Waals surface area contributed by atoms with Gasteiger partial charge in [-0.15, -0.1) is 11.8 Å². The highest BCUT2D eigenvalue weighted by Gasteiger charge is 2.17. The Morgan fingerprint density at radius 1 is 1.12 bits per heavy atom. The molecule has 9 nitrogen and oxygen atoms in total. The van der Waals surface area contributed by atoms with Gasteiger partial charge in [-0.3, -0.25) is 14.9 Å². The molecule has 1 heterocycles. The molecule has 0 aliphatic heterocycles. The average Bonchev–Trinajstić information content (AvgIpc) is 3.21. The summed E-state index contributed by atoms with van der Waals surface area (Å²) in [6, 6.07) is 11.4. The third-order valence-electron chi connectivity index (χ3n) is 3.96. The van der Waals surface area contributed by atoms with E-state index in [9.17, 15) is 23.2 Å². The van der Waals surface area contributed by atoms with Gasteiger partial charge in [-0.1, -0.05) is 17.3 Å². The molecule has 0 aliphatic rings. The van der Waals surface area contributed by atoms with Crippen LogP contribution in [0.15, 0.2) is 57.9 Å². The number of esters is 1. The van der Waals surface area contributed by atoms with Crippen molar-refractivity contribution < 1.29 is 37.2 Å². The maximum Gasteiger partial charge on any atom is 0.387 e. The van der Waals surface area contributed by atoms with Gasteiger partial charge in [0.1, 0.15) is 5.75 Å². The molecular formula is C21H17F2N3O6S. The number of halogens is 2. The van der Waals surface area contributed by atoms with Gasteiger partial charge in [0, 0.05) is 10.5 Å². The maximum atomic E-state index is 12.4. The number of aromatic nitrogens is 2. The quantitative estimate of drug-likeness (QED) is 0.365. The highest BCUT2D eigenvalue weighted by molar-refractivity contribution is 7.98. The van der Waals surface area contributed by atoms with Crippen LogP contribution in [0.4, 0.5) is 8.78 Å². The number of carbonyl (C=O) groups is 3. The summed E-state index contributed by atoms with van der Waals surface area (Å²) in [5.74, 6) is -1.30. The van der Waals surface area contributed by atoms with E-state index in [2.05, 4.69) is 14.9 Å². The number of rotatable bonds is 9. The van der Waals surface area contributed by atoms with Crippen molar-refractivity contribution in [2.75, 3.05) is 6.61 Å². The first-order valence-electron chi connectivity index (χ1n) is 9.39. The smallest absolute Gasteiger partial charge is 0.387 e. The zero-order valence-corrected chi connectivity index (χ0v) is 17.9. The van der Waals surface area contributed by atoms with Crippen LogP contribution in [0.1, 0.15) is 32.4 Å². The van der Waals surface area contributed by atoms with Crippen molar-refractivity contribution in [1.29, 1.82) is 0 Å². The van der Waals surface area contributed by atoms with Crippen molar-refractivity contribution >= 4 is 29.5 Å². The van der Waals surface area contributed by atoms with E-state index in [-0.39, 0.29) is 16.9 Å². The number of benzene rings is 2. The van der Waals surface area contributed by atoms with E-state index >= 15 is 0 Å². The number of ether oxygens (including phenoxy) is 2. The molecule has 3 rings (SSSR count). The van der Waals surface area contributed by atoms with Crippen LogP contribution < -0.4 is 10.1 Å². The second-order valence-electron chi connectivity index (χ2n) is 6.38. The van der Waals surface area contributed by atoms with Gasteiger partial charge in [-0.25, -0.2) is 4.79 Å². The van der Waals surface area contributed by atoms with Gasteiger partial charge in [-0.2, -0.15) is 13.8 Å². The van der Waals surface area contributed by atoms with Crippen LogP contribution in [-0.2, 0) is 15.3 Å².